The van der Waals surface area contributed by atoms with Gasteiger partial charge >= 0.3 is 0 Å². The lowest BCUT2D eigenvalue weighted by atomic mass is 9.94. The third-order valence-electron chi connectivity index (χ3n) is 3.65. The Morgan fingerprint density at radius 3 is 2.60 bits per heavy atom. The fraction of sp³-hybridized carbons (Fsp3) is 0.235. The van der Waals surface area contributed by atoms with Gasteiger partial charge in [0, 0.05) is 5.56 Å². The Balaban J connectivity index is 2.00. The number of nitrogens with one attached hydrogen (secondary N) is 1. The second-order valence-corrected chi connectivity index (χ2v) is 5.48. The van der Waals surface area contributed by atoms with Crippen molar-refractivity contribution in [2.75, 3.05) is 5.32 Å². The summed E-state index contributed by atoms with van der Waals surface area (Å²) in [4.78, 5) is 0. The summed E-state index contributed by atoms with van der Waals surface area (Å²) in [5.41, 5.74) is 2.26. The van der Waals surface area contributed by atoms with Crippen molar-refractivity contribution < 1.29 is 4.74 Å². The Morgan fingerprint density at radius 2 is 1.80 bits per heavy atom. The van der Waals surface area contributed by atoms with Crippen LogP contribution in [0.2, 0.25) is 0 Å². The summed E-state index contributed by atoms with van der Waals surface area (Å²) in [6, 6.07) is 17.8. The first-order valence-corrected chi connectivity index (χ1v) is 6.65. The number of benzene rings is 2. The molecule has 100 valence electrons. The van der Waals surface area contributed by atoms with Crippen molar-refractivity contribution in [3.63, 3.8) is 0 Å². The van der Waals surface area contributed by atoms with E-state index in [9.17, 15) is 5.26 Å². The molecule has 0 aliphatic carbocycles. The van der Waals surface area contributed by atoms with Gasteiger partial charge in [0.15, 0.2) is 0 Å². The van der Waals surface area contributed by atoms with E-state index >= 15 is 0 Å². The highest BCUT2D eigenvalue weighted by Gasteiger charge is 2.41. The third-order valence-corrected chi connectivity index (χ3v) is 3.65. The maximum absolute atomic E-state index is 9.20. The number of anilines is 1. The minimum atomic E-state index is -0.355. The molecule has 0 spiro atoms. The number of nitriles is 1. The molecule has 0 saturated carbocycles. The number of hydrogen-bond donors (Lipinski definition) is 1. The molecule has 3 heteroatoms. The van der Waals surface area contributed by atoms with Crippen LogP contribution < -0.4 is 10.1 Å². The molecule has 1 heterocycles. The molecule has 1 N–H and O–H groups in total. The van der Waals surface area contributed by atoms with Gasteiger partial charge in [-0.05, 0) is 32.0 Å². The van der Waals surface area contributed by atoms with E-state index in [2.05, 4.69) is 31.3 Å². The number of fused-ring (bicyclic) bond motifs is 1. The van der Waals surface area contributed by atoms with Gasteiger partial charge in [-0.1, -0.05) is 30.3 Å². The van der Waals surface area contributed by atoms with E-state index in [0.717, 1.165) is 17.0 Å². The molecule has 2 aromatic carbocycles. The van der Waals surface area contributed by atoms with Crippen molar-refractivity contribution in [3.05, 3.63) is 59.7 Å². The SMILES string of the molecule is CC1(C)Oc2ccccc2C1Nc1ccccc1C#N. The Bertz CT molecular complexity index is 685. The van der Waals surface area contributed by atoms with E-state index in [-0.39, 0.29) is 11.6 Å². The zero-order valence-corrected chi connectivity index (χ0v) is 11.6. The van der Waals surface area contributed by atoms with E-state index < -0.39 is 0 Å². The summed E-state index contributed by atoms with van der Waals surface area (Å²) in [5, 5.41) is 12.7. The molecule has 0 aromatic heterocycles. The zero-order chi connectivity index (χ0) is 14.2. The van der Waals surface area contributed by atoms with Crippen LogP contribution in [0.5, 0.6) is 5.75 Å². The summed E-state index contributed by atoms with van der Waals surface area (Å²) in [5.74, 6) is 0.907. The number of ether oxygens (including phenoxy) is 1. The topological polar surface area (TPSA) is 45.0 Å². The Labute approximate surface area is 118 Å². The van der Waals surface area contributed by atoms with Crippen LogP contribution in [0.15, 0.2) is 48.5 Å². The van der Waals surface area contributed by atoms with Crippen LogP contribution >= 0.6 is 0 Å². The van der Waals surface area contributed by atoms with Crippen LogP contribution in [-0.4, -0.2) is 5.60 Å². The maximum atomic E-state index is 9.20. The molecule has 0 fully saturated rings. The number of rotatable bonds is 2. The minimum absolute atomic E-state index is 0.0215. The van der Waals surface area contributed by atoms with Crippen LogP contribution in [0.4, 0.5) is 5.69 Å². The predicted octanol–water partition coefficient (Wildman–Crippen LogP) is 3.88. The standard InChI is InChI=1S/C17H16N2O/c1-17(2)16(13-8-4-6-10-15(13)20-17)19-14-9-5-3-7-12(14)11-18/h3-10,16,19H,1-2H3. The van der Waals surface area contributed by atoms with Crippen molar-refractivity contribution >= 4 is 5.69 Å². The fourth-order valence-electron chi connectivity index (χ4n) is 2.64. The largest absolute Gasteiger partial charge is 0.485 e. The van der Waals surface area contributed by atoms with Gasteiger partial charge in [0.1, 0.15) is 17.4 Å². The number of para-hydroxylation sites is 2. The lowest BCUT2D eigenvalue weighted by molar-refractivity contribution is 0.118. The third kappa shape index (κ3) is 2.00. The van der Waals surface area contributed by atoms with Crippen molar-refractivity contribution in [3.8, 4) is 11.8 Å². The molecule has 1 aliphatic rings. The Morgan fingerprint density at radius 1 is 1.10 bits per heavy atom. The highest BCUT2D eigenvalue weighted by Crippen LogP contribution is 2.44. The summed E-state index contributed by atoms with van der Waals surface area (Å²) in [6.45, 7) is 4.11. The molecule has 3 rings (SSSR count). The van der Waals surface area contributed by atoms with Gasteiger partial charge in [0.25, 0.3) is 0 Å². The smallest absolute Gasteiger partial charge is 0.128 e. The summed E-state index contributed by atoms with van der Waals surface area (Å²) in [6.07, 6.45) is 0. The van der Waals surface area contributed by atoms with Gasteiger partial charge in [-0.25, -0.2) is 0 Å². The van der Waals surface area contributed by atoms with E-state index in [0.29, 0.717) is 5.56 Å². The zero-order valence-electron chi connectivity index (χ0n) is 11.6. The van der Waals surface area contributed by atoms with E-state index in [1.165, 1.54) is 0 Å². The molecule has 3 nitrogen and oxygen atoms in total. The lowest BCUT2D eigenvalue weighted by Crippen LogP contribution is -2.34. The summed E-state index contributed by atoms with van der Waals surface area (Å²) >= 11 is 0. The molecule has 0 amide bonds. The number of nitrogens with zero attached hydrogens (tertiary/aromatic N) is 1. The molecule has 0 saturated heterocycles. The molecular formula is C17H16N2O. The normalized spacial score (nSPS) is 18.8. The van der Waals surface area contributed by atoms with Crippen molar-refractivity contribution in [2.24, 2.45) is 0 Å². The fourth-order valence-corrected chi connectivity index (χ4v) is 2.64. The van der Waals surface area contributed by atoms with Gasteiger partial charge in [-0.15, -0.1) is 0 Å². The molecule has 1 unspecified atom stereocenters. The minimum Gasteiger partial charge on any atom is -0.485 e. The van der Waals surface area contributed by atoms with Crippen molar-refractivity contribution in [1.29, 1.82) is 5.26 Å². The summed E-state index contributed by atoms with van der Waals surface area (Å²) < 4.78 is 6.01. The Hall–Kier alpha value is -2.47. The first kappa shape index (κ1) is 12.6. The van der Waals surface area contributed by atoms with Gasteiger partial charge in [-0.2, -0.15) is 5.26 Å². The van der Waals surface area contributed by atoms with Crippen LogP contribution in [0.1, 0.15) is 31.0 Å². The maximum Gasteiger partial charge on any atom is 0.128 e. The highest BCUT2D eigenvalue weighted by atomic mass is 16.5. The van der Waals surface area contributed by atoms with Gasteiger partial charge in [0.2, 0.25) is 0 Å². The van der Waals surface area contributed by atoms with Crippen molar-refractivity contribution in [1.82, 2.24) is 0 Å². The Kier molecular flexibility index (Phi) is 2.87. The van der Waals surface area contributed by atoms with E-state index in [4.69, 9.17) is 4.74 Å². The molecule has 1 aliphatic heterocycles. The van der Waals surface area contributed by atoms with Crippen LogP contribution in [0.3, 0.4) is 0 Å². The van der Waals surface area contributed by atoms with Gasteiger partial charge in [-0.3, -0.25) is 0 Å². The van der Waals surface area contributed by atoms with E-state index in [1.54, 1.807) is 0 Å². The monoisotopic (exact) mass is 264 g/mol. The summed E-state index contributed by atoms with van der Waals surface area (Å²) in [7, 11) is 0. The van der Waals surface area contributed by atoms with Crippen LogP contribution in [0.25, 0.3) is 0 Å². The second-order valence-electron chi connectivity index (χ2n) is 5.48. The van der Waals surface area contributed by atoms with Crippen LogP contribution in [-0.2, 0) is 0 Å². The lowest BCUT2D eigenvalue weighted by Gasteiger charge is -2.28. The molecule has 1 atom stereocenters. The first-order valence-electron chi connectivity index (χ1n) is 6.65. The quantitative estimate of drug-likeness (QED) is 0.895. The molecule has 2 aromatic rings. The highest BCUT2D eigenvalue weighted by molar-refractivity contribution is 5.60. The van der Waals surface area contributed by atoms with Crippen LogP contribution in [0, 0.1) is 11.3 Å². The van der Waals surface area contributed by atoms with Gasteiger partial charge < -0.3 is 10.1 Å². The van der Waals surface area contributed by atoms with Crippen molar-refractivity contribution in [2.45, 2.75) is 25.5 Å². The molecular weight excluding hydrogens is 248 g/mol. The van der Waals surface area contributed by atoms with Gasteiger partial charge in [0.05, 0.1) is 17.3 Å². The van der Waals surface area contributed by atoms with E-state index in [1.807, 2.05) is 42.5 Å². The average molecular weight is 264 g/mol. The number of hydrogen-bond acceptors (Lipinski definition) is 3. The average Bonchev–Trinajstić information content (AvgIpc) is 2.70. The molecule has 20 heavy (non-hydrogen) atoms. The first-order chi connectivity index (χ1) is 9.62. The molecule has 0 bridgehead atoms. The predicted molar refractivity (Wildman–Crippen MR) is 78.7 cm³/mol. The second kappa shape index (κ2) is 4.57. The molecule has 0 radical (unpaired) electrons.